The van der Waals surface area contributed by atoms with Gasteiger partial charge in [0, 0.05) is 76.2 Å². The van der Waals surface area contributed by atoms with Crippen molar-refractivity contribution in [2.24, 2.45) is 0 Å². The van der Waals surface area contributed by atoms with Crippen LogP contribution >= 0.6 is 11.8 Å². The van der Waals surface area contributed by atoms with Gasteiger partial charge in [-0.15, -0.1) is 11.8 Å². The van der Waals surface area contributed by atoms with Crippen LogP contribution in [0.25, 0.3) is 10.9 Å². The average molecular weight is 864 g/mol. The van der Waals surface area contributed by atoms with Crippen LogP contribution < -0.4 is 27.1 Å². The standard InChI is InChI=1S/C41H53N9O10S/c42-22-28-3-1-12-47(28)36(52)23-44-38(54)33-6-10-43-35-5-4-30(21-34(33)35)58-20-2-11-45-16-18-46(19-17-45)37(53)27-61-26-29(51)7-13-48-39(55)49(14-8-31-24-59-31)41(57)50(40(48)56)15-9-32-25-60-32/h4-6,10,21,28-29,31-32,51H,1-3,7-9,11-20,23-27H2,(H,44,54). The number of amides is 3. The third-order valence-corrected chi connectivity index (χ3v) is 12.5. The molecule has 1 aromatic carbocycles. The lowest BCUT2D eigenvalue weighted by molar-refractivity contribution is -0.130. The van der Waals surface area contributed by atoms with Crippen molar-refractivity contribution < 1.29 is 33.7 Å². The van der Waals surface area contributed by atoms with E-state index in [1.165, 1.54) is 16.7 Å². The predicted octanol–water partition coefficient (Wildman–Crippen LogP) is -0.360. The first-order chi connectivity index (χ1) is 29.6. The summed E-state index contributed by atoms with van der Waals surface area (Å²) in [6, 6.07) is 8.65. The first-order valence-electron chi connectivity index (χ1n) is 21.0. The summed E-state index contributed by atoms with van der Waals surface area (Å²) >= 11 is 1.30. The SMILES string of the molecule is N#CC1CCCN1C(=O)CNC(=O)c1ccnc2ccc(OCCCN3CCN(C(=O)CSCC(O)CCn4c(=O)n(CCC5CO5)c(=O)n(CCC5CO5)c4=O)CC3)cc12. The number of aromatic nitrogens is 4. The van der Waals surface area contributed by atoms with Gasteiger partial charge in [0.15, 0.2) is 0 Å². The Labute approximate surface area is 356 Å². The highest BCUT2D eigenvalue weighted by Gasteiger charge is 2.29. The Kier molecular flexibility index (Phi) is 14.9. The summed E-state index contributed by atoms with van der Waals surface area (Å²) in [5.74, 6) is 0.317. The number of carbonyl (C=O) groups is 3. The Bertz CT molecular complexity index is 2220. The molecule has 0 radical (unpaired) electrons. The van der Waals surface area contributed by atoms with Gasteiger partial charge in [-0.3, -0.25) is 24.3 Å². The number of piperazine rings is 1. The van der Waals surface area contributed by atoms with Crippen molar-refractivity contribution >= 4 is 40.4 Å². The summed E-state index contributed by atoms with van der Waals surface area (Å²) < 4.78 is 19.7. The molecule has 0 spiro atoms. The smallest absolute Gasteiger partial charge is 0.336 e. The minimum Gasteiger partial charge on any atom is -0.494 e. The van der Waals surface area contributed by atoms with E-state index in [2.05, 4.69) is 21.3 Å². The molecule has 4 aliphatic rings. The van der Waals surface area contributed by atoms with Crippen LogP contribution in [0.1, 0.15) is 48.9 Å². The van der Waals surface area contributed by atoms with Gasteiger partial charge in [0.25, 0.3) is 5.91 Å². The van der Waals surface area contributed by atoms with E-state index in [-0.39, 0.29) is 68.1 Å². The number of nitriles is 1. The van der Waals surface area contributed by atoms with Gasteiger partial charge in [0.1, 0.15) is 11.8 Å². The molecular weight excluding hydrogens is 811 g/mol. The Morgan fingerprint density at radius 1 is 0.918 bits per heavy atom. The third kappa shape index (κ3) is 11.7. The van der Waals surface area contributed by atoms with Crippen molar-refractivity contribution in [2.75, 3.05) is 77.1 Å². The molecule has 3 aromatic rings. The summed E-state index contributed by atoms with van der Waals surface area (Å²) in [5.41, 5.74) is -1.05. The normalized spacial score (nSPS) is 20.4. The Balaban J connectivity index is 0.800. The number of benzene rings is 1. The number of likely N-dealkylation sites (tertiary alicyclic amines) is 1. The van der Waals surface area contributed by atoms with Crippen LogP contribution in [0, 0.1) is 11.3 Å². The third-order valence-electron chi connectivity index (χ3n) is 11.5. The maximum atomic E-state index is 13.2. The number of aliphatic hydroxyl groups excluding tert-OH is 1. The number of carbonyl (C=O) groups excluding carboxylic acids is 3. The second-order valence-electron chi connectivity index (χ2n) is 15.8. The summed E-state index contributed by atoms with van der Waals surface area (Å²) in [5, 5.41) is 23.3. The number of epoxide rings is 2. The van der Waals surface area contributed by atoms with Crippen LogP contribution in [0.3, 0.4) is 0 Å². The quantitative estimate of drug-likeness (QED) is 0.103. The van der Waals surface area contributed by atoms with Gasteiger partial charge < -0.3 is 34.4 Å². The molecule has 61 heavy (non-hydrogen) atoms. The number of hydrogen-bond acceptors (Lipinski definition) is 14. The molecule has 2 N–H and O–H groups in total. The fraction of sp³-hybridized carbons (Fsp3) is 0.610. The zero-order valence-corrected chi connectivity index (χ0v) is 35.0. The second kappa shape index (κ2) is 20.7. The molecule has 0 aliphatic carbocycles. The Morgan fingerprint density at radius 2 is 1.59 bits per heavy atom. The van der Waals surface area contributed by atoms with Crippen LogP contribution in [0.2, 0.25) is 0 Å². The van der Waals surface area contributed by atoms with E-state index in [9.17, 15) is 39.1 Å². The number of pyridine rings is 1. The van der Waals surface area contributed by atoms with E-state index in [0.717, 1.165) is 33.1 Å². The first kappa shape index (κ1) is 44.0. The van der Waals surface area contributed by atoms with E-state index in [0.29, 0.717) is 94.0 Å². The van der Waals surface area contributed by atoms with Gasteiger partial charge in [0.05, 0.1) is 67.6 Å². The number of nitrogens with zero attached hydrogens (tertiary/aromatic N) is 8. The molecule has 4 unspecified atom stereocenters. The number of thioether (sulfide) groups is 1. The number of aliphatic hydroxyl groups is 1. The molecule has 20 heteroatoms. The lowest BCUT2D eigenvalue weighted by Crippen LogP contribution is -2.55. The van der Waals surface area contributed by atoms with Gasteiger partial charge >= 0.3 is 17.1 Å². The lowest BCUT2D eigenvalue weighted by Gasteiger charge is -2.34. The summed E-state index contributed by atoms with van der Waals surface area (Å²) in [4.78, 5) is 88.2. The van der Waals surface area contributed by atoms with E-state index in [1.807, 2.05) is 4.90 Å². The van der Waals surface area contributed by atoms with Crippen molar-refractivity contribution in [3.63, 3.8) is 0 Å². The van der Waals surface area contributed by atoms with Gasteiger partial charge in [-0.05, 0) is 62.8 Å². The zero-order chi connectivity index (χ0) is 42.9. The molecule has 4 atom stereocenters. The molecule has 2 aromatic heterocycles. The largest absolute Gasteiger partial charge is 0.494 e. The molecule has 4 saturated heterocycles. The summed E-state index contributed by atoms with van der Waals surface area (Å²) in [6.07, 6.45) is 3.94. The summed E-state index contributed by atoms with van der Waals surface area (Å²) in [6.45, 7) is 5.51. The molecule has 0 saturated carbocycles. The molecular formula is C41H53N9O10S. The second-order valence-corrected chi connectivity index (χ2v) is 16.8. The highest BCUT2D eigenvalue weighted by molar-refractivity contribution is 7.99. The van der Waals surface area contributed by atoms with E-state index >= 15 is 0 Å². The van der Waals surface area contributed by atoms with E-state index < -0.39 is 35.1 Å². The van der Waals surface area contributed by atoms with Crippen LogP contribution in [-0.2, 0) is 38.7 Å². The molecule has 3 amide bonds. The van der Waals surface area contributed by atoms with Crippen LogP contribution in [-0.4, -0.2) is 158 Å². The van der Waals surface area contributed by atoms with Gasteiger partial charge in [-0.2, -0.15) is 5.26 Å². The first-order valence-corrected chi connectivity index (χ1v) is 22.2. The van der Waals surface area contributed by atoms with E-state index in [4.69, 9.17) is 14.2 Å². The lowest BCUT2D eigenvalue weighted by atomic mass is 10.1. The van der Waals surface area contributed by atoms with E-state index in [1.54, 1.807) is 30.5 Å². The number of hydrogen-bond donors (Lipinski definition) is 2. The topological polar surface area (TPSA) is 230 Å². The number of fused-ring (bicyclic) bond motifs is 1. The van der Waals surface area contributed by atoms with Gasteiger partial charge in [-0.25, -0.2) is 28.1 Å². The summed E-state index contributed by atoms with van der Waals surface area (Å²) in [7, 11) is 0. The Morgan fingerprint density at radius 3 is 2.25 bits per heavy atom. The monoisotopic (exact) mass is 863 g/mol. The minimum atomic E-state index is -0.869. The number of ether oxygens (including phenoxy) is 3. The number of rotatable bonds is 21. The average Bonchev–Trinajstić information content (AvgIpc) is 4.22. The van der Waals surface area contributed by atoms with Crippen molar-refractivity contribution in [3.05, 3.63) is 67.5 Å². The molecule has 19 nitrogen and oxygen atoms in total. The van der Waals surface area contributed by atoms with Gasteiger partial charge in [0.2, 0.25) is 11.8 Å². The van der Waals surface area contributed by atoms with Crippen molar-refractivity contribution in [1.82, 2.24) is 38.7 Å². The molecule has 7 rings (SSSR count). The zero-order valence-electron chi connectivity index (χ0n) is 34.2. The molecule has 6 heterocycles. The van der Waals surface area contributed by atoms with Crippen molar-refractivity contribution in [1.29, 1.82) is 5.26 Å². The predicted molar refractivity (Wildman–Crippen MR) is 223 cm³/mol. The van der Waals surface area contributed by atoms with Crippen LogP contribution in [0.5, 0.6) is 5.75 Å². The van der Waals surface area contributed by atoms with Crippen LogP contribution in [0.15, 0.2) is 44.8 Å². The fourth-order valence-electron chi connectivity index (χ4n) is 7.67. The highest BCUT2D eigenvalue weighted by Crippen LogP contribution is 2.24. The van der Waals surface area contributed by atoms with Gasteiger partial charge in [-0.1, -0.05) is 0 Å². The maximum absolute atomic E-state index is 13.2. The molecule has 4 aliphatic heterocycles. The van der Waals surface area contributed by atoms with Crippen molar-refractivity contribution in [2.45, 2.75) is 82.5 Å². The number of nitrogens with one attached hydrogen (secondary N) is 1. The Hall–Kier alpha value is -5.07. The fourth-order valence-corrected chi connectivity index (χ4v) is 8.59. The minimum absolute atomic E-state index is 0.00582. The molecule has 0 bridgehead atoms. The molecule has 328 valence electrons. The maximum Gasteiger partial charge on any atom is 0.336 e. The molecule has 4 fully saturated rings. The highest BCUT2D eigenvalue weighted by atomic mass is 32.2. The van der Waals surface area contributed by atoms with Crippen LogP contribution in [0.4, 0.5) is 0 Å². The van der Waals surface area contributed by atoms with Crippen molar-refractivity contribution in [3.8, 4) is 11.8 Å².